The molecule has 1 aliphatic rings. The lowest BCUT2D eigenvalue weighted by Gasteiger charge is -2.39. The number of hydrogen-bond acceptors (Lipinski definition) is 5. The molecule has 0 unspecified atom stereocenters. The van der Waals surface area contributed by atoms with Gasteiger partial charge in [-0.2, -0.15) is 0 Å². The van der Waals surface area contributed by atoms with Crippen LogP contribution in [-0.4, -0.2) is 23.1 Å². The number of aliphatic hydroxyl groups is 1. The van der Waals surface area contributed by atoms with Crippen LogP contribution in [0.15, 0.2) is 42.5 Å². The molecule has 0 amide bonds. The second-order valence-corrected chi connectivity index (χ2v) is 6.41. The van der Waals surface area contributed by atoms with Crippen molar-refractivity contribution in [2.45, 2.75) is 18.4 Å². The fraction of sp³-hybridized carbons (Fsp3) is 0.294. The number of piperidine rings is 1. The van der Waals surface area contributed by atoms with Gasteiger partial charge >= 0.3 is 0 Å². The molecule has 0 saturated carbocycles. The molecule has 6 nitrogen and oxygen atoms in total. The molecule has 1 saturated heterocycles. The van der Waals surface area contributed by atoms with E-state index >= 15 is 0 Å². The van der Waals surface area contributed by atoms with Crippen molar-refractivity contribution < 1.29 is 10.0 Å². The summed E-state index contributed by atoms with van der Waals surface area (Å²) in [5.74, 6) is 0. The predicted molar refractivity (Wildman–Crippen MR) is 94.3 cm³/mol. The predicted octanol–water partition coefficient (Wildman–Crippen LogP) is 3.32. The van der Waals surface area contributed by atoms with Gasteiger partial charge in [-0.15, -0.1) is 0 Å². The van der Waals surface area contributed by atoms with E-state index in [-0.39, 0.29) is 5.69 Å². The number of halogens is 1. The molecule has 0 radical (unpaired) electrons. The lowest BCUT2D eigenvalue weighted by molar-refractivity contribution is -0.384. The molecule has 1 fully saturated rings. The van der Waals surface area contributed by atoms with Gasteiger partial charge in [0.2, 0.25) is 0 Å². The molecule has 2 aromatic rings. The van der Waals surface area contributed by atoms with Crippen molar-refractivity contribution >= 4 is 28.7 Å². The van der Waals surface area contributed by atoms with Crippen molar-refractivity contribution in [1.82, 2.24) is 0 Å². The molecular weight excluding hydrogens is 330 g/mol. The number of anilines is 2. The second-order valence-electron chi connectivity index (χ2n) is 6.00. The number of hydrogen-bond donors (Lipinski definition) is 2. The summed E-state index contributed by atoms with van der Waals surface area (Å²) in [5, 5.41) is 22.7. The third-order valence-corrected chi connectivity index (χ3v) is 4.83. The van der Waals surface area contributed by atoms with Gasteiger partial charge in [0.05, 0.1) is 10.5 Å². The van der Waals surface area contributed by atoms with Gasteiger partial charge in [-0.25, -0.2) is 0 Å². The van der Waals surface area contributed by atoms with Gasteiger partial charge in [-0.05, 0) is 31.0 Å². The standard InChI is InChI=1S/C17H18ClN3O3/c18-14-4-2-1-3-13(14)17(22)7-9-20(10-8-17)16-11-12(19)5-6-15(16)21(23)24/h1-6,11,22H,7-10,19H2. The lowest BCUT2D eigenvalue weighted by atomic mass is 9.84. The van der Waals surface area contributed by atoms with E-state index in [0.717, 1.165) is 0 Å². The number of rotatable bonds is 3. The average molecular weight is 348 g/mol. The van der Waals surface area contributed by atoms with Crippen molar-refractivity contribution in [3.05, 3.63) is 63.2 Å². The maximum absolute atomic E-state index is 11.2. The number of nitrogen functional groups attached to an aromatic ring is 1. The number of nitro groups is 1. The maximum atomic E-state index is 11.2. The summed E-state index contributed by atoms with van der Waals surface area (Å²) in [5.41, 5.74) is 6.44. The minimum absolute atomic E-state index is 0.0207. The first-order valence-electron chi connectivity index (χ1n) is 7.67. The van der Waals surface area contributed by atoms with Crippen LogP contribution in [0.3, 0.4) is 0 Å². The molecule has 24 heavy (non-hydrogen) atoms. The normalized spacial score (nSPS) is 16.8. The van der Waals surface area contributed by atoms with Crippen molar-refractivity contribution in [3.63, 3.8) is 0 Å². The van der Waals surface area contributed by atoms with Crippen LogP contribution in [0, 0.1) is 10.1 Å². The molecule has 0 aliphatic carbocycles. The van der Waals surface area contributed by atoms with E-state index < -0.39 is 10.5 Å². The van der Waals surface area contributed by atoms with Gasteiger partial charge in [0.1, 0.15) is 5.69 Å². The summed E-state index contributed by atoms with van der Waals surface area (Å²) in [4.78, 5) is 12.7. The van der Waals surface area contributed by atoms with E-state index in [1.807, 2.05) is 23.1 Å². The Bertz CT molecular complexity index is 773. The quantitative estimate of drug-likeness (QED) is 0.504. The van der Waals surface area contributed by atoms with E-state index in [1.54, 1.807) is 12.1 Å². The Hall–Kier alpha value is -2.31. The SMILES string of the molecule is Nc1ccc([N+](=O)[O-])c(N2CCC(O)(c3ccccc3Cl)CC2)c1. The Balaban J connectivity index is 1.85. The Labute approximate surface area is 144 Å². The van der Waals surface area contributed by atoms with Crippen molar-refractivity contribution in [2.75, 3.05) is 23.7 Å². The first kappa shape index (κ1) is 16.5. The minimum Gasteiger partial charge on any atom is -0.399 e. The summed E-state index contributed by atoms with van der Waals surface area (Å²) in [6.45, 7) is 0.956. The highest BCUT2D eigenvalue weighted by molar-refractivity contribution is 6.31. The summed E-state index contributed by atoms with van der Waals surface area (Å²) >= 11 is 6.21. The van der Waals surface area contributed by atoms with Crippen molar-refractivity contribution in [2.24, 2.45) is 0 Å². The molecule has 3 rings (SSSR count). The van der Waals surface area contributed by atoms with Gasteiger partial charge in [0.25, 0.3) is 5.69 Å². The molecule has 3 N–H and O–H groups in total. The van der Waals surface area contributed by atoms with Crippen LogP contribution < -0.4 is 10.6 Å². The van der Waals surface area contributed by atoms with Crippen LogP contribution in [0.2, 0.25) is 5.02 Å². The highest BCUT2D eigenvalue weighted by atomic mass is 35.5. The van der Waals surface area contributed by atoms with Crippen molar-refractivity contribution in [3.8, 4) is 0 Å². The minimum atomic E-state index is -1.02. The van der Waals surface area contributed by atoms with Gasteiger partial charge < -0.3 is 15.7 Å². The zero-order chi connectivity index (χ0) is 17.3. The summed E-state index contributed by atoms with van der Waals surface area (Å²) in [7, 11) is 0. The largest absolute Gasteiger partial charge is 0.399 e. The molecule has 1 aliphatic heterocycles. The number of nitro benzene ring substituents is 1. The number of benzene rings is 2. The van der Waals surface area contributed by atoms with E-state index in [4.69, 9.17) is 17.3 Å². The Morgan fingerprint density at radius 1 is 1.21 bits per heavy atom. The maximum Gasteiger partial charge on any atom is 0.292 e. The second kappa shape index (κ2) is 6.30. The zero-order valence-electron chi connectivity index (χ0n) is 13.0. The monoisotopic (exact) mass is 347 g/mol. The van der Waals surface area contributed by atoms with Crippen LogP contribution in [0.5, 0.6) is 0 Å². The molecule has 7 heteroatoms. The van der Waals surface area contributed by atoms with Gasteiger partial charge in [0, 0.05) is 35.4 Å². The van der Waals surface area contributed by atoms with Crippen LogP contribution in [0.25, 0.3) is 0 Å². The molecular formula is C17H18ClN3O3. The Kier molecular flexibility index (Phi) is 4.34. The first-order valence-corrected chi connectivity index (χ1v) is 8.05. The fourth-order valence-electron chi connectivity index (χ4n) is 3.17. The lowest BCUT2D eigenvalue weighted by Crippen LogP contribution is -2.43. The average Bonchev–Trinajstić information content (AvgIpc) is 2.55. The highest BCUT2D eigenvalue weighted by Gasteiger charge is 2.36. The summed E-state index contributed by atoms with van der Waals surface area (Å²) < 4.78 is 0. The van der Waals surface area contributed by atoms with E-state index in [9.17, 15) is 15.2 Å². The number of nitrogens with zero attached hydrogens (tertiary/aromatic N) is 2. The van der Waals surface area contributed by atoms with Crippen LogP contribution in [0.4, 0.5) is 17.1 Å². The highest BCUT2D eigenvalue weighted by Crippen LogP contribution is 2.40. The molecule has 0 bridgehead atoms. The Morgan fingerprint density at radius 2 is 1.88 bits per heavy atom. The van der Waals surface area contributed by atoms with Crippen LogP contribution in [0.1, 0.15) is 18.4 Å². The molecule has 1 heterocycles. The van der Waals surface area contributed by atoms with Crippen LogP contribution >= 0.6 is 11.6 Å². The zero-order valence-corrected chi connectivity index (χ0v) is 13.7. The van der Waals surface area contributed by atoms with Crippen LogP contribution in [-0.2, 0) is 5.60 Å². The molecule has 0 spiro atoms. The third-order valence-electron chi connectivity index (χ3n) is 4.50. The number of nitrogens with two attached hydrogens (primary N) is 1. The molecule has 0 aromatic heterocycles. The third kappa shape index (κ3) is 3.02. The first-order chi connectivity index (χ1) is 11.4. The smallest absolute Gasteiger partial charge is 0.292 e. The molecule has 126 valence electrons. The molecule has 2 aromatic carbocycles. The van der Waals surface area contributed by atoms with Gasteiger partial charge in [0.15, 0.2) is 0 Å². The van der Waals surface area contributed by atoms with E-state index in [1.165, 1.54) is 12.1 Å². The Morgan fingerprint density at radius 3 is 2.50 bits per heavy atom. The fourth-order valence-corrected chi connectivity index (χ4v) is 3.49. The summed E-state index contributed by atoms with van der Waals surface area (Å²) in [6.07, 6.45) is 0.866. The van der Waals surface area contributed by atoms with Gasteiger partial charge in [-0.1, -0.05) is 29.8 Å². The van der Waals surface area contributed by atoms with Gasteiger partial charge in [-0.3, -0.25) is 10.1 Å². The summed E-state index contributed by atoms with van der Waals surface area (Å²) in [6, 6.07) is 11.8. The van der Waals surface area contributed by atoms with E-state index in [0.29, 0.717) is 47.9 Å². The topological polar surface area (TPSA) is 92.6 Å². The van der Waals surface area contributed by atoms with Crippen molar-refractivity contribution in [1.29, 1.82) is 0 Å². The van der Waals surface area contributed by atoms with E-state index in [2.05, 4.69) is 0 Å². The molecule has 0 atom stereocenters.